The average molecular weight is 263 g/mol. The van der Waals surface area contributed by atoms with Gasteiger partial charge in [-0.1, -0.05) is 0 Å². The van der Waals surface area contributed by atoms with Crippen molar-refractivity contribution in [2.24, 2.45) is 0 Å². The van der Waals surface area contributed by atoms with Crippen LogP contribution in [-0.2, 0) is 29.3 Å². The predicted octanol–water partition coefficient (Wildman–Crippen LogP) is -6.14. The summed E-state index contributed by atoms with van der Waals surface area (Å²) in [5.41, 5.74) is 0. The molecule has 0 bridgehead atoms. The van der Waals surface area contributed by atoms with E-state index in [1.807, 2.05) is 0 Å². The van der Waals surface area contributed by atoms with E-state index in [4.69, 9.17) is 0 Å². The number of rotatable bonds is 2. The zero-order valence-corrected chi connectivity index (χ0v) is 11.0. The monoisotopic (exact) mass is 262 g/mol. The van der Waals surface area contributed by atoms with Crippen LogP contribution in [0.4, 0.5) is 0 Å². The Labute approximate surface area is 100 Å². The Morgan fingerprint density at radius 3 is 1.31 bits per heavy atom. The first kappa shape index (κ1) is 18.9. The Bertz CT molecular complexity index is 162. The van der Waals surface area contributed by atoms with E-state index in [-0.39, 0.29) is 36.6 Å². The Morgan fingerprint density at radius 1 is 0.923 bits per heavy atom. The molecule has 0 saturated carbocycles. The smallest absolute Gasteiger partial charge is 1.00 e. The van der Waals surface area contributed by atoms with E-state index in [1.54, 1.807) is 20.9 Å². The van der Waals surface area contributed by atoms with Crippen molar-refractivity contribution in [3.05, 3.63) is 0 Å². The second kappa shape index (κ2) is 8.82. The second-order valence-electron chi connectivity index (χ2n) is 2.26. The van der Waals surface area contributed by atoms with Crippen molar-refractivity contribution in [1.82, 2.24) is 6.76 Å². The van der Waals surface area contributed by atoms with Crippen LogP contribution in [0.25, 0.3) is 0 Å². The molecule has 0 aromatic carbocycles. The van der Waals surface area contributed by atoms with Crippen molar-refractivity contribution in [3.63, 3.8) is 0 Å². The summed E-state index contributed by atoms with van der Waals surface area (Å²) >= 11 is -0.745. The number of nitrogens with zero attached hydrogens (tertiary/aromatic N) is 2. The maximum Gasteiger partial charge on any atom is -1.00 e. The maximum atomic E-state index is 10.7. The van der Waals surface area contributed by atoms with Crippen molar-refractivity contribution in [3.8, 4) is 0 Å². The Morgan fingerprint density at radius 2 is 1.15 bits per heavy atom. The van der Waals surface area contributed by atoms with Crippen LogP contribution < -0.4 is 24.8 Å². The van der Waals surface area contributed by atoms with E-state index in [1.165, 1.54) is 13.8 Å². The molecule has 0 atom stereocenters. The Balaban J connectivity index is -0.000000500. The van der Waals surface area contributed by atoms with Crippen molar-refractivity contribution in [2.45, 2.75) is 13.8 Å². The first-order valence-electron chi connectivity index (χ1n) is 3.20. The molecular weight excluding hydrogens is 251 g/mol. The minimum absolute atomic E-state index is 0. The summed E-state index contributed by atoms with van der Waals surface area (Å²) in [5, 5.41) is 0. The largest absolute Gasteiger partial charge is 1.00 e. The molecule has 0 radical (unpaired) electrons. The molecule has 0 heterocycles. The second-order valence-corrected chi connectivity index (χ2v) is 4.66. The van der Waals surface area contributed by atoms with Crippen molar-refractivity contribution >= 4 is 11.8 Å². The Hall–Kier alpha value is 0.234. The molecule has 0 aliphatic heterocycles. The number of carbonyl (C=O) groups is 2. The number of hydrogen-bond acceptors (Lipinski definition) is 2. The fourth-order valence-electron chi connectivity index (χ4n) is 0.366. The summed E-state index contributed by atoms with van der Waals surface area (Å²) in [4.78, 5) is 21.4. The molecule has 0 fully saturated rings. The van der Waals surface area contributed by atoms with E-state index in [0.29, 0.717) is 0 Å². The number of amides is 2. The summed E-state index contributed by atoms with van der Waals surface area (Å²) < 4.78 is 3.20. The fraction of sp³-hybridized carbons (Fsp3) is 0.667. The zero-order valence-electron chi connectivity index (χ0n) is 7.97. The minimum atomic E-state index is -0.745. The van der Waals surface area contributed by atoms with Crippen LogP contribution in [0.1, 0.15) is 13.8 Å². The minimum Gasteiger partial charge on any atom is -1.00 e. The summed E-state index contributed by atoms with van der Waals surface area (Å²) in [6.45, 7) is 2.99. The van der Waals surface area contributed by atoms with Crippen LogP contribution in [0.2, 0.25) is 0 Å². The van der Waals surface area contributed by atoms with Gasteiger partial charge in [-0.05, 0) is 0 Å². The molecule has 0 unspecified atom stereocenters. The standard InChI is InChI=1S/2C3H7NO.2ClH.Ti/c2*1-3(5)4-2;;;/h2*1-2H3,(H,4,5);2*1H;/q;;;;+4/p-4. The zero-order chi connectivity index (χ0) is 9.02. The molecule has 0 aliphatic carbocycles. The normalized spacial score (nSPS) is 7.08. The van der Waals surface area contributed by atoms with Gasteiger partial charge in [-0.2, -0.15) is 0 Å². The van der Waals surface area contributed by atoms with E-state index in [0.717, 1.165) is 0 Å². The van der Waals surface area contributed by atoms with Gasteiger partial charge in [0.25, 0.3) is 0 Å². The topological polar surface area (TPSA) is 40.6 Å². The van der Waals surface area contributed by atoms with Gasteiger partial charge in [0.15, 0.2) is 0 Å². The predicted molar refractivity (Wildman–Crippen MR) is 36.9 cm³/mol. The van der Waals surface area contributed by atoms with Gasteiger partial charge in [-0.15, -0.1) is 0 Å². The summed E-state index contributed by atoms with van der Waals surface area (Å²) in [6.07, 6.45) is 0. The summed E-state index contributed by atoms with van der Waals surface area (Å²) in [7, 11) is 3.42. The molecule has 0 aromatic rings. The summed E-state index contributed by atoms with van der Waals surface area (Å²) in [5.74, 6) is 0.0243. The van der Waals surface area contributed by atoms with Gasteiger partial charge in [0.2, 0.25) is 0 Å². The SMILES string of the molecule is CC(=O)[N](C)[Ti+2][N](C)C(C)=O.[Cl-].[Cl-]. The molecule has 7 heteroatoms. The molecule has 76 valence electrons. The van der Waals surface area contributed by atoms with Crippen LogP contribution in [0.5, 0.6) is 0 Å². The average Bonchev–Trinajstić information content (AvgIpc) is 1.87. The van der Waals surface area contributed by atoms with Gasteiger partial charge in [-0.3, -0.25) is 0 Å². The van der Waals surface area contributed by atoms with Gasteiger partial charge >= 0.3 is 75.8 Å². The van der Waals surface area contributed by atoms with Gasteiger partial charge < -0.3 is 24.8 Å². The van der Waals surface area contributed by atoms with E-state index >= 15 is 0 Å². The molecule has 2 amide bonds. The van der Waals surface area contributed by atoms with E-state index < -0.39 is 19.7 Å². The first-order valence-corrected chi connectivity index (χ1v) is 4.59. The number of carbonyl (C=O) groups excluding carboxylic acids is 2. The third-order valence-corrected chi connectivity index (χ3v) is 3.17. The third kappa shape index (κ3) is 8.56. The molecule has 0 spiro atoms. The van der Waals surface area contributed by atoms with Crippen molar-refractivity contribution in [2.75, 3.05) is 14.1 Å². The maximum absolute atomic E-state index is 10.7. The molecule has 0 saturated heterocycles. The molecule has 4 nitrogen and oxygen atoms in total. The van der Waals surface area contributed by atoms with Crippen LogP contribution in [-0.4, -0.2) is 32.7 Å². The van der Waals surface area contributed by atoms with E-state index in [9.17, 15) is 9.59 Å². The molecule has 0 aliphatic rings. The molecule has 0 N–H and O–H groups in total. The van der Waals surface area contributed by atoms with Crippen LogP contribution in [0.15, 0.2) is 0 Å². The third-order valence-electron chi connectivity index (χ3n) is 1.24. The molecule has 13 heavy (non-hydrogen) atoms. The fourth-order valence-corrected chi connectivity index (χ4v) is 1.51. The van der Waals surface area contributed by atoms with E-state index in [2.05, 4.69) is 0 Å². The Kier molecular flexibility index (Phi) is 12.8. The van der Waals surface area contributed by atoms with Gasteiger partial charge in [0, 0.05) is 0 Å². The molecule has 0 rings (SSSR count). The van der Waals surface area contributed by atoms with Crippen LogP contribution in [0, 0.1) is 0 Å². The van der Waals surface area contributed by atoms with Gasteiger partial charge in [0.1, 0.15) is 0 Å². The quantitative estimate of drug-likeness (QED) is 0.465. The van der Waals surface area contributed by atoms with Crippen molar-refractivity contribution in [1.29, 1.82) is 0 Å². The van der Waals surface area contributed by atoms with Crippen molar-refractivity contribution < 1.29 is 54.1 Å². The molecular formula is C6H12Cl2N2O2Ti. The molecule has 0 aromatic heterocycles. The van der Waals surface area contributed by atoms with Gasteiger partial charge in [-0.25, -0.2) is 0 Å². The van der Waals surface area contributed by atoms with Crippen LogP contribution >= 0.6 is 0 Å². The summed E-state index contributed by atoms with van der Waals surface area (Å²) in [6, 6.07) is 0. The number of hydrogen-bond donors (Lipinski definition) is 0. The van der Waals surface area contributed by atoms with Crippen LogP contribution in [0.3, 0.4) is 0 Å². The van der Waals surface area contributed by atoms with Gasteiger partial charge in [0.05, 0.1) is 0 Å². The number of halogens is 2. The first-order chi connectivity index (χ1) is 4.95.